The number of aryl methyl sites for hydroxylation is 1. The first-order valence-corrected chi connectivity index (χ1v) is 6.95. The molecule has 0 aliphatic heterocycles. The second kappa shape index (κ2) is 6.14. The molecule has 0 bridgehead atoms. The van der Waals surface area contributed by atoms with Crippen LogP contribution in [0.15, 0.2) is 29.8 Å². The summed E-state index contributed by atoms with van der Waals surface area (Å²) >= 11 is 7.09. The molecule has 1 atom stereocenters. The minimum absolute atomic E-state index is 0.175. The van der Waals surface area contributed by atoms with Gasteiger partial charge in [-0.2, -0.15) is 0 Å². The van der Waals surface area contributed by atoms with Gasteiger partial charge in [0.2, 0.25) is 0 Å². The summed E-state index contributed by atoms with van der Waals surface area (Å²) in [4.78, 5) is 16.7. The first kappa shape index (κ1) is 14.0. The van der Waals surface area contributed by atoms with Crippen LogP contribution in [0.2, 0.25) is 5.02 Å². The van der Waals surface area contributed by atoms with Gasteiger partial charge in [0.1, 0.15) is 4.88 Å². The first-order chi connectivity index (χ1) is 9.11. The highest BCUT2D eigenvalue weighted by molar-refractivity contribution is 7.11. The molecule has 0 aliphatic rings. The highest BCUT2D eigenvalue weighted by Gasteiger charge is 2.17. The number of hydrogen-bond acceptors (Lipinski definition) is 4. The zero-order chi connectivity index (χ0) is 13.8. The van der Waals surface area contributed by atoms with Crippen LogP contribution in [0.25, 0.3) is 0 Å². The van der Waals surface area contributed by atoms with Crippen LogP contribution < -0.4 is 5.32 Å². The SMILES string of the molecule is Cc1ncsc1C(=O)NC(CO)c1ccc(Cl)cc1. The molecule has 2 rings (SSSR count). The number of rotatable bonds is 4. The number of carbonyl (C=O) groups excluding carboxylic acids is 1. The molecule has 0 saturated heterocycles. The highest BCUT2D eigenvalue weighted by atomic mass is 35.5. The molecule has 1 aromatic carbocycles. The van der Waals surface area contributed by atoms with Gasteiger partial charge >= 0.3 is 0 Å². The Balaban J connectivity index is 2.13. The fourth-order valence-electron chi connectivity index (χ4n) is 1.67. The van der Waals surface area contributed by atoms with Gasteiger partial charge in [-0.05, 0) is 24.6 Å². The lowest BCUT2D eigenvalue weighted by Crippen LogP contribution is -2.30. The molecule has 2 aromatic rings. The smallest absolute Gasteiger partial charge is 0.263 e. The van der Waals surface area contributed by atoms with Crippen molar-refractivity contribution in [2.75, 3.05) is 6.61 Å². The van der Waals surface area contributed by atoms with Gasteiger partial charge in [-0.1, -0.05) is 23.7 Å². The normalized spacial score (nSPS) is 12.2. The number of nitrogens with zero attached hydrogens (tertiary/aromatic N) is 1. The lowest BCUT2D eigenvalue weighted by Gasteiger charge is -2.16. The third kappa shape index (κ3) is 3.32. The van der Waals surface area contributed by atoms with Gasteiger partial charge in [-0.25, -0.2) is 4.98 Å². The van der Waals surface area contributed by atoms with E-state index in [1.165, 1.54) is 11.3 Å². The van der Waals surface area contributed by atoms with Crippen molar-refractivity contribution in [1.29, 1.82) is 0 Å². The Morgan fingerprint density at radius 2 is 2.16 bits per heavy atom. The Morgan fingerprint density at radius 1 is 1.47 bits per heavy atom. The number of aromatic nitrogens is 1. The molecule has 0 radical (unpaired) electrons. The van der Waals surface area contributed by atoms with Gasteiger partial charge in [0.05, 0.1) is 23.9 Å². The van der Waals surface area contributed by atoms with Gasteiger partial charge in [0, 0.05) is 5.02 Å². The topological polar surface area (TPSA) is 62.2 Å². The molecule has 1 unspecified atom stereocenters. The molecule has 4 nitrogen and oxygen atoms in total. The lowest BCUT2D eigenvalue weighted by molar-refractivity contribution is 0.0919. The van der Waals surface area contributed by atoms with E-state index in [4.69, 9.17) is 11.6 Å². The number of thiazole rings is 1. The Hall–Kier alpha value is -1.43. The maximum atomic E-state index is 12.1. The summed E-state index contributed by atoms with van der Waals surface area (Å²) in [6.45, 7) is 1.60. The predicted octanol–water partition coefficient (Wildman–Crippen LogP) is 2.57. The van der Waals surface area contributed by atoms with Gasteiger partial charge in [0.15, 0.2) is 0 Å². The molecule has 0 spiro atoms. The fraction of sp³-hybridized carbons (Fsp3) is 0.231. The molecule has 100 valence electrons. The van der Waals surface area contributed by atoms with Crippen molar-refractivity contribution < 1.29 is 9.90 Å². The maximum absolute atomic E-state index is 12.1. The van der Waals surface area contributed by atoms with E-state index in [9.17, 15) is 9.90 Å². The van der Waals surface area contributed by atoms with E-state index >= 15 is 0 Å². The van der Waals surface area contributed by atoms with Crippen LogP contribution in [0, 0.1) is 6.92 Å². The fourth-order valence-corrected chi connectivity index (χ4v) is 2.50. The number of aliphatic hydroxyl groups excluding tert-OH is 1. The minimum Gasteiger partial charge on any atom is -0.394 e. The number of hydrogen-bond donors (Lipinski definition) is 2. The number of aliphatic hydroxyl groups is 1. The summed E-state index contributed by atoms with van der Waals surface area (Å²) < 4.78 is 0. The summed E-state index contributed by atoms with van der Waals surface area (Å²) in [7, 11) is 0. The molecule has 0 fully saturated rings. The standard InChI is InChI=1S/C13H13ClN2O2S/c1-8-12(19-7-15-8)13(18)16-11(6-17)9-2-4-10(14)5-3-9/h2-5,7,11,17H,6H2,1H3,(H,16,18). The average molecular weight is 297 g/mol. The number of benzene rings is 1. The molecule has 0 saturated carbocycles. The van der Waals surface area contributed by atoms with Crippen LogP contribution in [-0.4, -0.2) is 22.6 Å². The van der Waals surface area contributed by atoms with Crippen LogP contribution >= 0.6 is 22.9 Å². The van der Waals surface area contributed by atoms with Crippen LogP contribution in [0.5, 0.6) is 0 Å². The minimum atomic E-state index is -0.453. The van der Waals surface area contributed by atoms with E-state index in [1.807, 2.05) is 0 Å². The summed E-state index contributed by atoms with van der Waals surface area (Å²) in [5, 5.41) is 12.8. The van der Waals surface area contributed by atoms with Crippen LogP contribution in [-0.2, 0) is 0 Å². The summed E-state index contributed by atoms with van der Waals surface area (Å²) in [6.07, 6.45) is 0. The summed E-state index contributed by atoms with van der Waals surface area (Å²) in [5.41, 5.74) is 3.12. The first-order valence-electron chi connectivity index (χ1n) is 5.69. The van der Waals surface area contributed by atoms with Crippen molar-refractivity contribution in [2.24, 2.45) is 0 Å². The van der Waals surface area contributed by atoms with E-state index in [-0.39, 0.29) is 12.5 Å². The monoisotopic (exact) mass is 296 g/mol. The molecular formula is C13H13ClN2O2S. The Morgan fingerprint density at radius 3 is 2.68 bits per heavy atom. The number of nitrogens with one attached hydrogen (secondary N) is 1. The van der Waals surface area contributed by atoms with E-state index in [0.29, 0.717) is 15.6 Å². The molecule has 6 heteroatoms. The quantitative estimate of drug-likeness (QED) is 0.911. The van der Waals surface area contributed by atoms with Crippen molar-refractivity contribution in [3.8, 4) is 0 Å². The van der Waals surface area contributed by atoms with Crippen molar-refractivity contribution in [3.63, 3.8) is 0 Å². The van der Waals surface area contributed by atoms with E-state index in [2.05, 4.69) is 10.3 Å². The third-order valence-corrected chi connectivity index (χ3v) is 3.89. The van der Waals surface area contributed by atoms with Gasteiger partial charge in [-0.3, -0.25) is 4.79 Å². The molecule has 0 aliphatic carbocycles. The lowest BCUT2D eigenvalue weighted by atomic mass is 10.1. The van der Waals surface area contributed by atoms with Gasteiger partial charge < -0.3 is 10.4 Å². The number of halogens is 1. The molecule has 1 aromatic heterocycles. The van der Waals surface area contributed by atoms with Gasteiger partial charge in [0.25, 0.3) is 5.91 Å². The zero-order valence-corrected chi connectivity index (χ0v) is 11.8. The Bertz CT molecular complexity index is 568. The number of amides is 1. The summed E-state index contributed by atoms with van der Waals surface area (Å²) in [6, 6.07) is 6.56. The molecule has 1 amide bonds. The third-order valence-electron chi connectivity index (χ3n) is 2.71. The maximum Gasteiger partial charge on any atom is 0.263 e. The van der Waals surface area contributed by atoms with Crippen LogP contribution in [0.1, 0.15) is 27.0 Å². The molecule has 1 heterocycles. The Kier molecular flexibility index (Phi) is 4.52. The molecular weight excluding hydrogens is 284 g/mol. The largest absolute Gasteiger partial charge is 0.394 e. The van der Waals surface area contributed by atoms with Crippen molar-refractivity contribution >= 4 is 28.8 Å². The summed E-state index contributed by atoms with van der Waals surface area (Å²) in [5.74, 6) is -0.228. The molecule has 2 N–H and O–H groups in total. The second-order valence-corrected chi connectivity index (χ2v) is 5.32. The highest BCUT2D eigenvalue weighted by Crippen LogP contribution is 2.18. The Labute approximate surface area is 120 Å². The van der Waals surface area contributed by atoms with Crippen molar-refractivity contribution in [3.05, 3.63) is 50.9 Å². The van der Waals surface area contributed by atoms with E-state index < -0.39 is 6.04 Å². The number of carbonyl (C=O) groups is 1. The van der Waals surface area contributed by atoms with Crippen molar-refractivity contribution in [2.45, 2.75) is 13.0 Å². The van der Waals surface area contributed by atoms with Crippen LogP contribution in [0.3, 0.4) is 0 Å². The van der Waals surface area contributed by atoms with E-state index in [0.717, 1.165) is 5.56 Å². The second-order valence-electron chi connectivity index (χ2n) is 4.03. The zero-order valence-electron chi connectivity index (χ0n) is 10.3. The van der Waals surface area contributed by atoms with Crippen molar-refractivity contribution in [1.82, 2.24) is 10.3 Å². The van der Waals surface area contributed by atoms with E-state index in [1.54, 1.807) is 36.7 Å². The van der Waals surface area contributed by atoms with Gasteiger partial charge in [-0.15, -0.1) is 11.3 Å². The average Bonchev–Trinajstić information content (AvgIpc) is 2.83. The van der Waals surface area contributed by atoms with Crippen LogP contribution in [0.4, 0.5) is 0 Å². The predicted molar refractivity (Wildman–Crippen MR) is 75.6 cm³/mol. The molecule has 19 heavy (non-hydrogen) atoms.